The lowest BCUT2D eigenvalue weighted by Gasteiger charge is -2.15. The summed E-state index contributed by atoms with van der Waals surface area (Å²) in [5.74, 6) is 1.66. The van der Waals surface area contributed by atoms with Gasteiger partial charge in [-0.1, -0.05) is 23.8 Å². The average Bonchev–Trinajstić information content (AvgIpc) is 2.65. The van der Waals surface area contributed by atoms with Crippen molar-refractivity contribution in [2.45, 2.75) is 26.7 Å². The van der Waals surface area contributed by atoms with Crippen molar-refractivity contribution >= 4 is 5.78 Å². The van der Waals surface area contributed by atoms with E-state index in [1.165, 1.54) is 5.57 Å². The van der Waals surface area contributed by atoms with Gasteiger partial charge in [0.15, 0.2) is 5.78 Å². The van der Waals surface area contributed by atoms with Crippen LogP contribution >= 0.6 is 0 Å². The molecule has 25 heavy (non-hydrogen) atoms. The van der Waals surface area contributed by atoms with Gasteiger partial charge in [0.1, 0.15) is 11.5 Å². The van der Waals surface area contributed by atoms with Gasteiger partial charge >= 0.3 is 0 Å². The Morgan fingerprint density at radius 2 is 1.44 bits per heavy atom. The van der Waals surface area contributed by atoms with Crippen LogP contribution in [0.2, 0.25) is 0 Å². The van der Waals surface area contributed by atoms with Gasteiger partial charge < -0.3 is 9.47 Å². The fraction of sp³-hybridized carbons (Fsp3) is 0.318. The smallest absolute Gasteiger partial charge is 0.166 e. The van der Waals surface area contributed by atoms with Crippen molar-refractivity contribution in [1.82, 2.24) is 0 Å². The lowest BCUT2D eigenvalue weighted by atomic mass is 9.88. The second-order valence-electron chi connectivity index (χ2n) is 6.36. The van der Waals surface area contributed by atoms with E-state index >= 15 is 0 Å². The van der Waals surface area contributed by atoms with E-state index in [-0.39, 0.29) is 11.7 Å². The molecule has 132 valence electrons. The summed E-state index contributed by atoms with van der Waals surface area (Å²) in [5, 5.41) is 0. The largest absolute Gasteiger partial charge is 0.497 e. The Balaban J connectivity index is 2.20. The van der Waals surface area contributed by atoms with E-state index in [0.29, 0.717) is 6.42 Å². The summed E-state index contributed by atoms with van der Waals surface area (Å²) in [6.07, 6.45) is 3.58. The second kappa shape index (κ2) is 9.07. The van der Waals surface area contributed by atoms with Crippen LogP contribution in [0.15, 0.2) is 60.2 Å². The second-order valence-corrected chi connectivity index (χ2v) is 6.36. The van der Waals surface area contributed by atoms with Gasteiger partial charge in [-0.3, -0.25) is 4.79 Å². The van der Waals surface area contributed by atoms with Gasteiger partial charge in [-0.15, -0.1) is 0 Å². The number of benzene rings is 2. The highest BCUT2D eigenvalue weighted by Crippen LogP contribution is 2.22. The molecule has 0 spiro atoms. The van der Waals surface area contributed by atoms with E-state index < -0.39 is 0 Å². The van der Waals surface area contributed by atoms with Crippen LogP contribution in [0, 0.1) is 5.92 Å². The number of hydrogen-bond acceptors (Lipinski definition) is 3. The van der Waals surface area contributed by atoms with Crippen LogP contribution in [-0.2, 0) is 6.42 Å². The molecule has 0 saturated carbocycles. The molecule has 0 aliphatic carbocycles. The molecule has 2 aromatic carbocycles. The van der Waals surface area contributed by atoms with Gasteiger partial charge in [0.25, 0.3) is 0 Å². The quantitative estimate of drug-likeness (QED) is 0.496. The predicted molar refractivity (Wildman–Crippen MR) is 102 cm³/mol. The molecule has 0 fully saturated rings. The van der Waals surface area contributed by atoms with Crippen LogP contribution in [0.5, 0.6) is 11.5 Å². The molecule has 3 nitrogen and oxygen atoms in total. The van der Waals surface area contributed by atoms with Gasteiger partial charge in [-0.2, -0.15) is 0 Å². The Bertz CT molecular complexity index is 708. The SMILES string of the molecule is COc1ccc(CC(CC=C(C)C)C(=O)c2ccc(OC)cc2)cc1. The standard InChI is InChI=1S/C22H26O3/c1-16(2)5-8-19(15-17-6-11-20(24-3)12-7-17)22(23)18-9-13-21(25-4)14-10-18/h5-7,9-14,19H,8,15H2,1-4H3. The molecule has 0 N–H and O–H groups in total. The van der Waals surface area contributed by atoms with Crippen molar-refractivity contribution in [3.8, 4) is 11.5 Å². The summed E-state index contributed by atoms with van der Waals surface area (Å²) in [4.78, 5) is 13.0. The number of allylic oxidation sites excluding steroid dienone is 2. The fourth-order valence-corrected chi connectivity index (χ4v) is 2.70. The van der Waals surface area contributed by atoms with Crippen LogP contribution in [0.3, 0.4) is 0 Å². The minimum absolute atomic E-state index is 0.0864. The molecular weight excluding hydrogens is 312 g/mol. The highest BCUT2D eigenvalue weighted by Gasteiger charge is 2.20. The monoisotopic (exact) mass is 338 g/mol. The third kappa shape index (κ3) is 5.49. The Labute approximate surface area is 150 Å². The fourth-order valence-electron chi connectivity index (χ4n) is 2.70. The number of methoxy groups -OCH3 is 2. The van der Waals surface area contributed by atoms with Crippen LogP contribution < -0.4 is 9.47 Å². The third-order valence-electron chi connectivity index (χ3n) is 4.20. The molecule has 2 aromatic rings. The predicted octanol–water partition coefficient (Wildman–Crippen LogP) is 5.10. The van der Waals surface area contributed by atoms with Gasteiger partial charge in [0.05, 0.1) is 14.2 Å². The van der Waals surface area contributed by atoms with Crippen molar-refractivity contribution in [1.29, 1.82) is 0 Å². The van der Waals surface area contributed by atoms with Crippen LogP contribution in [0.1, 0.15) is 36.2 Å². The normalized spacial score (nSPS) is 11.5. The summed E-state index contributed by atoms with van der Waals surface area (Å²) in [5.41, 5.74) is 3.08. The molecule has 0 aromatic heterocycles. The Morgan fingerprint density at radius 1 is 0.920 bits per heavy atom. The number of rotatable bonds is 8. The van der Waals surface area contributed by atoms with Crippen molar-refractivity contribution < 1.29 is 14.3 Å². The topological polar surface area (TPSA) is 35.5 Å². The van der Waals surface area contributed by atoms with Gasteiger partial charge in [-0.25, -0.2) is 0 Å². The van der Waals surface area contributed by atoms with E-state index in [1.807, 2.05) is 48.5 Å². The van der Waals surface area contributed by atoms with E-state index in [0.717, 1.165) is 29.0 Å². The lowest BCUT2D eigenvalue weighted by Crippen LogP contribution is -2.17. The zero-order valence-corrected chi connectivity index (χ0v) is 15.4. The Morgan fingerprint density at radius 3 is 1.92 bits per heavy atom. The van der Waals surface area contributed by atoms with E-state index in [4.69, 9.17) is 9.47 Å². The zero-order chi connectivity index (χ0) is 18.2. The number of Topliss-reactive ketones (excluding diaryl/α,β-unsaturated/α-hetero) is 1. The maximum absolute atomic E-state index is 13.0. The maximum atomic E-state index is 13.0. The molecule has 1 unspecified atom stereocenters. The molecule has 3 heteroatoms. The molecule has 0 bridgehead atoms. The number of carbonyl (C=O) groups excluding carboxylic acids is 1. The van der Waals surface area contributed by atoms with E-state index in [2.05, 4.69) is 19.9 Å². The van der Waals surface area contributed by atoms with Crippen LogP contribution in [-0.4, -0.2) is 20.0 Å². The molecule has 0 saturated heterocycles. The first-order valence-corrected chi connectivity index (χ1v) is 8.48. The highest BCUT2D eigenvalue weighted by atomic mass is 16.5. The molecule has 0 radical (unpaired) electrons. The number of ether oxygens (including phenoxy) is 2. The summed E-state index contributed by atoms with van der Waals surface area (Å²) in [7, 11) is 3.28. The number of hydrogen-bond donors (Lipinski definition) is 0. The Hall–Kier alpha value is -2.55. The van der Waals surface area contributed by atoms with Gasteiger partial charge in [0.2, 0.25) is 0 Å². The summed E-state index contributed by atoms with van der Waals surface area (Å²) in [6.45, 7) is 4.12. The highest BCUT2D eigenvalue weighted by molar-refractivity contribution is 5.98. The minimum atomic E-state index is -0.0864. The number of ketones is 1. The van der Waals surface area contributed by atoms with Crippen molar-refractivity contribution in [2.75, 3.05) is 14.2 Å². The first-order valence-electron chi connectivity index (χ1n) is 8.48. The van der Waals surface area contributed by atoms with Gasteiger partial charge in [-0.05, 0) is 68.7 Å². The average molecular weight is 338 g/mol. The van der Waals surface area contributed by atoms with E-state index in [9.17, 15) is 4.79 Å². The number of carbonyl (C=O) groups is 1. The maximum Gasteiger partial charge on any atom is 0.166 e. The van der Waals surface area contributed by atoms with Crippen molar-refractivity contribution in [3.63, 3.8) is 0 Å². The summed E-state index contributed by atoms with van der Waals surface area (Å²) >= 11 is 0. The van der Waals surface area contributed by atoms with Crippen molar-refractivity contribution in [2.24, 2.45) is 5.92 Å². The molecule has 0 amide bonds. The van der Waals surface area contributed by atoms with Crippen LogP contribution in [0.4, 0.5) is 0 Å². The molecule has 2 rings (SSSR count). The molecule has 0 aliphatic rings. The molecule has 0 aliphatic heterocycles. The first kappa shape index (κ1) is 18.8. The van der Waals surface area contributed by atoms with Crippen LogP contribution in [0.25, 0.3) is 0 Å². The van der Waals surface area contributed by atoms with Crippen molar-refractivity contribution in [3.05, 3.63) is 71.3 Å². The zero-order valence-electron chi connectivity index (χ0n) is 15.4. The van der Waals surface area contributed by atoms with E-state index in [1.54, 1.807) is 14.2 Å². The summed E-state index contributed by atoms with van der Waals surface area (Å²) in [6, 6.07) is 15.3. The summed E-state index contributed by atoms with van der Waals surface area (Å²) < 4.78 is 10.4. The Kier molecular flexibility index (Phi) is 6.81. The minimum Gasteiger partial charge on any atom is -0.497 e. The molecule has 1 atom stereocenters. The third-order valence-corrected chi connectivity index (χ3v) is 4.20. The lowest BCUT2D eigenvalue weighted by molar-refractivity contribution is 0.0920. The molecule has 0 heterocycles. The molecular formula is C22H26O3. The van der Waals surface area contributed by atoms with Gasteiger partial charge in [0, 0.05) is 11.5 Å². The first-order chi connectivity index (χ1) is 12.0.